The molecule has 1 aliphatic heterocycles. The summed E-state index contributed by atoms with van der Waals surface area (Å²) in [5, 5.41) is 0. The van der Waals surface area contributed by atoms with E-state index >= 15 is 0 Å². The Bertz CT molecular complexity index is 946. The third-order valence-corrected chi connectivity index (χ3v) is 4.35. The van der Waals surface area contributed by atoms with E-state index in [0.29, 0.717) is 18.0 Å². The van der Waals surface area contributed by atoms with Crippen LogP contribution in [0.25, 0.3) is 11.0 Å². The summed E-state index contributed by atoms with van der Waals surface area (Å²) in [4.78, 5) is 30.9. The van der Waals surface area contributed by atoms with Gasteiger partial charge in [-0.05, 0) is 43.3 Å². The van der Waals surface area contributed by atoms with Gasteiger partial charge in [0.25, 0.3) is 5.91 Å². The Morgan fingerprint density at radius 3 is 2.64 bits per heavy atom. The first-order valence-corrected chi connectivity index (χ1v) is 8.20. The number of para-hydroxylation sites is 2. The number of fused-ring (bicyclic) bond motifs is 1. The fraction of sp³-hybridized carbons (Fsp3) is 0.211. The van der Waals surface area contributed by atoms with E-state index in [1.54, 1.807) is 35.2 Å². The largest absolute Gasteiger partial charge is 0.494 e. The fourth-order valence-corrected chi connectivity index (χ4v) is 3.19. The zero-order valence-electron chi connectivity index (χ0n) is 13.8. The van der Waals surface area contributed by atoms with Crippen molar-refractivity contribution in [3.05, 3.63) is 54.9 Å². The van der Waals surface area contributed by atoms with Gasteiger partial charge in [0.15, 0.2) is 0 Å². The van der Waals surface area contributed by atoms with E-state index < -0.39 is 6.04 Å². The lowest BCUT2D eigenvalue weighted by Gasteiger charge is -2.16. The molecular formula is C19H17N3O3. The zero-order valence-corrected chi connectivity index (χ0v) is 13.8. The quantitative estimate of drug-likeness (QED) is 0.688. The number of carbonyl (C=O) groups excluding carboxylic acids is 2. The smallest absolute Gasteiger partial charge is 0.257 e. The molecule has 2 aromatic carbocycles. The van der Waals surface area contributed by atoms with E-state index in [-0.39, 0.29) is 18.2 Å². The van der Waals surface area contributed by atoms with Gasteiger partial charge in [-0.3, -0.25) is 9.59 Å². The molecular weight excluding hydrogens is 318 g/mol. The van der Waals surface area contributed by atoms with E-state index in [9.17, 15) is 9.59 Å². The molecule has 2 heterocycles. The van der Waals surface area contributed by atoms with Crippen molar-refractivity contribution < 1.29 is 14.3 Å². The Labute approximate surface area is 144 Å². The van der Waals surface area contributed by atoms with Crippen LogP contribution < -0.4 is 9.64 Å². The Morgan fingerprint density at radius 1 is 1.12 bits per heavy atom. The maximum atomic E-state index is 12.9. The molecule has 25 heavy (non-hydrogen) atoms. The number of ether oxygens (including phenoxy) is 1. The molecule has 1 unspecified atom stereocenters. The van der Waals surface area contributed by atoms with E-state index in [0.717, 1.165) is 11.0 Å². The molecule has 6 nitrogen and oxygen atoms in total. The summed E-state index contributed by atoms with van der Waals surface area (Å²) in [7, 11) is 0. The highest BCUT2D eigenvalue weighted by Gasteiger charge is 2.41. The van der Waals surface area contributed by atoms with E-state index in [4.69, 9.17) is 4.74 Å². The summed E-state index contributed by atoms with van der Waals surface area (Å²) in [6, 6.07) is 14.0. The second-order valence-electron chi connectivity index (χ2n) is 5.85. The minimum Gasteiger partial charge on any atom is -0.494 e. The Morgan fingerprint density at radius 2 is 1.88 bits per heavy atom. The van der Waals surface area contributed by atoms with Crippen molar-refractivity contribution in [2.45, 2.75) is 19.4 Å². The summed E-state index contributed by atoms with van der Waals surface area (Å²) < 4.78 is 7.19. The molecule has 0 N–H and O–H groups in total. The highest BCUT2D eigenvalue weighted by atomic mass is 16.5. The highest BCUT2D eigenvalue weighted by Crippen LogP contribution is 2.32. The summed E-state index contributed by atoms with van der Waals surface area (Å²) in [5.41, 5.74) is 2.22. The van der Waals surface area contributed by atoms with Crippen molar-refractivity contribution in [3.63, 3.8) is 0 Å². The summed E-state index contributed by atoms with van der Waals surface area (Å²) in [5.74, 6) is 0.261. The number of rotatable bonds is 4. The minimum atomic E-state index is -0.563. The van der Waals surface area contributed by atoms with Gasteiger partial charge < -0.3 is 9.30 Å². The van der Waals surface area contributed by atoms with Crippen molar-refractivity contribution in [2.24, 2.45) is 0 Å². The van der Waals surface area contributed by atoms with Crippen molar-refractivity contribution >= 4 is 28.5 Å². The van der Waals surface area contributed by atoms with Crippen molar-refractivity contribution in [1.29, 1.82) is 0 Å². The van der Waals surface area contributed by atoms with Gasteiger partial charge in [0.1, 0.15) is 11.8 Å². The molecule has 0 bridgehead atoms. The topological polar surface area (TPSA) is 64.4 Å². The number of carbonyl (C=O) groups is 2. The molecule has 0 saturated carbocycles. The molecule has 1 aliphatic rings. The Kier molecular flexibility index (Phi) is 3.72. The molecule has 0 spiro atoms. The van der Waals surface area contributed by atoms with Gasteiger partial charge in [-0.25, -0.2) is 9.88 Å². The third kappa shape index (κ3) is 2.55. The van der Waals surface area contributed by atoms with Crippen LogP contribution in [-0.2, 0) is 9.59 Å². The monoisotopic (exact) mass is 335 g/mol. The first kappa shape index (κ1) is 15.4. The van der Waals surface area contributed by atoms with Gasteiger partial charge in [-0.15, -0.1) is 0 Å². The molecule has 4 rings (SSSR count). The average molecular weight is 335 g/mol. The molecule has 6 heteroatoms. The number of anilines is 1. The number of aromatic nitrogens is 2. The number of hydrogen-bond acceptors (Lipinski definition) is 4. The van der Waals surface area contributed by atoms with Gasteiger partial charge in [-0.2, -0.15) is 0 Å². The van der Waals surface area contributed by atoms with Crippen LogP contribution in [0.5, 0.6) is 5.75 Å². The van der Waals surface area contributed by atoms with Crippen LogP contribution in [0.4, 0.5) is 5.69 Å². The fourth-order valence-electron chi connectivity index (χ4n) is 3.19. The number of imidazole rings is 1. The van der Waals surface area contributed by atoms with Gasteiger partial charge in [-0.1, -0.05) is 12.1 Å². The molecule has 3 aromatic rings. The Balaban J connectivity index is 1.66. The predicted molar refractivity (Wildman–Crippen MR) is 93.5 cm³/mol. The molecule has 126 valence electrons. The maximum Gasteiger partial charge on any atom is 0.257 e. The zero-order chi connectivity index (χ0) is 17.4. The minimum absolute atomic E-state index is 0.131. The van der Waals surface area contributed by atoms with Gasteiger partial charge >= 0.3 is 0 Å². The normalized spacial score (nSPS) is 17.5. The first-order valence-electron chi connectivity index (χ1n) is 8.20. The lowest BCUT2D eigenvalue weighted by Crippen LogP contribution is -2.31. The molecule has 1 fully saturated rings. The van der Waals surface area contributed by atoms with Crippen LogP contribution in [0.2, 0.25) is 0 Å². The Hall–Kier alpha value is -3.15. The first-order chi connectivity index (χ1) is 12.2. The van der Waals surface area contributed by atoms with Crippen LogP contribution in [0.1, 0.15) is 19.4 Å². The SMILES string of the molecule is CCOc1ccc(N2C(=O)CC(n3cnc4ccccc43)C2=O)cc1. The third-order valence-electron chi connectivity index (χ3n) is 4.35. The van der Waals surface area contributed by atoms with Gasteiger partial charge in [0, 0.05) is 0 Å². The summed E-state index contributed by atoms with van der Waals surface area (Å²) in [6.45, 7) is 2.47. The second kappa shape index (κ2) is 6.05. The molecule has 1 atom stereocenters. The van der Waals surface area contributed by atoms with Crippen LogP contribution >= 0.6 is 0 Å². The van der Waals surface area contributed by atoms with Crippen molar-refractivity contribution in [1.82, 2.24) is 9.55 Å². The van der Waals surface area contributed by atoms with Crippen LogP contribution in [0, 0.1) is 0 Å². The molecule has 0 aliphatic carbocycles. The summed E-state index contributed by atoms with van der Waals surface area (Å²) >= 11 is 0. The highest BCUT2D eigenvalue weighted by molar-refractivity contribution is 6.21. The number of nitrogens with zero attached hydrogens (tertiary/aromatic N) is 3. The number of benzene rings is 2. The lowest BCUT2D eigenvalue weighted by molar-refractivity contribution is -0.122. The number of amides is 2. The van der Waals surface area contributed by atoms with E-state index in [1.807, 2.05) is 31.2 Å². The number of imide groups is 1. The van der Waals surface area contributed by atoms with E-state index in [2.05, 4.69) is 4.98 Å². The van der Waals surface area contributed by atoms with Gasteiger partial charge in [0.05, 0.1) is 36.1 Å². The molecule has 1 aromatic heterocycles. The van der Waals surface area contributed by atoms with E-state index in [1.165, 1.54) is 4.90 Å². The molecule has 1 saturated heterocycles. The lowest BCUT2D eigenvalue weighted by atomic mass is 10.2. The number of hydrogen-bond donors (Lipinski definition) is 0. The van der Waals surface area contributed by atoms with Crippen LogP contribution in [-0.4, -0.2) is 28.0 Å². The standard InChI is InChI=1S/C19H17N3O3/c1-2-25-14-9-7-13(8-10-14)22-18(23)11-17(19(22)24)21-12-20-15-5-3-4-6-16(15)21/h3-10,12,17H,2,11H2,1H3. The van der Waals surface area contributed by atoms with Crippen molar-refractivity contribution in [3.8, 4) is 5.75 Å². The average Bonchev–Trinajstić information content (AvgIpc) is 3.17. The molecule has 2 amide bonds. The van der Waals surface area contributed by atoms with Gasteiger partial charge in [0.2, 0.25) is 5.91 Å². The summed E-state index contributed by atoms with van der Waals surface area (Å²) in [6.07, 6.45) is 1.76. The second-order valence-corrected chi connectivity index (χ2v) is 5.85. The van der Waals surface area contributed by atoms with Crippen LogP contribution in [0.3, 0.4) is 0 Å². The maximum absolute atomic E-state index is 12.9. The predicted octanol–water partition coefficient (Wildman–Crippen LogP) is 2.94. The molecule has 0 radical (unpaired) electrons. The van der Waals surface area contributed by atoms with Crippen LogP contribution in [0.15, 0.2) is 54.9 Å². The van der Waals surface area contributed by atoms with Crippen molar-refractivity contribution in [2.75, 3.05) is 11.5 Å².